The van der Waals surface area contributed by atoms with Crippen LogP contribution in [0, 0.1) is 0 Å². The maximum Gasteiger partial charge on any atom is 0.252 e. The van der Waals surface area contributed by atoms with Crippen molar-refractivity contribution >= 4 is 97.4 Å². The van der Waals surface area contributed by atoms with Crippen molar-refractivity contribution in [3.05, 3.63) is 187 Å². The molecule has 248 valence electrons. The fourth-order valence-electron chi connectivity index (χ4n) is 10.6. The predicted octanol–water partition coefficient (Wildman–Crippen LogP) is 7.95. The third-order valence-corrected chi connectivity index (χ3v) is 12.7. The lowest BCUT2D eigenvalue weighted by molar-refractivity contribution is 1.19. The Bertz CT molecular complexity index is 2900. The quantitative estimate of drug-likeness (QED) is 0.171. The number of hydrogen-bond acceptors (Lipinski definition) is 3. The van der Waals surface area contributed by atoms with Crippen molar-refractivity contribution < 1.29 is 0 Å². The zero-order valence-corrected chi connectivity index (χ0v) is 29.4. The van der Waals surface area contributed by atoms with Crippen molar-refractivity contribution in [1.82, 2.24) is 0 Å². The minimum absolute atomic E-state index is 0.0856. The van der Waals surface area contributed by atoms with E-state index in [0.717, 1.165) is 6.42 Å². The fraction of sp³-hybridized carbons (Fsp3) is 0.0204. The van der Waals surface area contributed by atoms with Crippen molar-refractivity contribution in [2.45, 2.75) is 6.42 Å². The maximum atomic E-state index is 2.62. The molecule has 1 aliphatic carbocycles. The zero-order valence-electron chi connectivity index (χ0n) is 29.4. The van der Waals surface area contributed by atoms with Gasteiger partial charge in [-0.05, 0) is 104 Å². The van der Waals surface area contributed by atoms with E-state index in [-0.39, 0.29) is 13.4 Å². The molecular formula is C49H31B2N3. The molecule has 0 N–H and O–H groups in total. The normalized spacial score (nSPS) is 14.4. The van der Waals surface area contributed by atoms with Crippen LogP contribution in [0.25, 0.3) is 11.1 Å². The molecule has 0 aromatic heterocycles. The topological polar surface area (TPSA) is 9.72 Å². The molecule has 3 nitrogen and oxygen atoms in total. The summed E-state index contributed by atoms with van der Waals surface area (Å²) in [5.74, 6) is 0. The van der Waals surface area contributed by atoms with E-state index >= 15 is 0 Å². The van der Waals surface area contributed by atoms with Gasteiger partial charge in [-0.1, -0.05) is 127 Å². The Morgan fingerprint density at radius 1 is 0.352 bits per heavy atom. The lowest BCUT2D eigenvalue weighted by Crippen LogP contribution is -2.68. The molecule has 0 saturated heterocycles. The van der Waals surface area contributed by atoms with Gasteiger partial charge in [0.2, 0.25) is 0 Å². The third-order valence-electron chi connectivity index (χ3n) is 12.7. The second-order valence-corrected chi connectivity index (χ2v) is 15.2. The average molecular weight is 683 g/mol. The lowest BCUT2D eigenvalue weighted by atomic mass is 9.29. The molecule has 0 spiro atoms. The molecule has 4 aliphatic heterocycles. The highest BCUT2D eigenvalue weighted by molar-refractivity contribution is 7.04. The molecule has 4 heterocycles. The number of rotatable bonds is 2. The molecule has 54 heavy (non-hydrogen) atoms. The van der Waals surface area contributed by atoms with Crippen LogP contribution in [0.15, 0.2) is 176 Å². The number of hydrogen-bond donors (Lipinski definition) is 0. The minimum atomic E-state index is 0.0856. The van der Waals surface area contributed by atoms with Crippen LogP contribution < -0.4 is 47.5 Å². The van der Waals surface area contributed by atoms with Crippen molar-refractivity contribution in [3.63, 3.8) is 0 Å². The lowest BCUT2D eigenvalue weighted by Gasteiger charge is -2.51. The van der Waals surface area contributed by atoms with Crippen LogP contribution in [0.5, 0.6) is 0 Å². The van der Waals surface area contributed by atoms with Gasteiger partial charge in [0.25, 0.3) is 13.4 Å². The zero-order chi connectivity index (χ0) is 35.1. The molecule has 0 bridgehead atoms. The van der Waals surface area contributed by atoms with E-state index in [1.54, 1.807) is 0 Å². The Morgan fingerprint density at radius 2 is 0.815 bits per heavy atom. The first-order valence-corrected chi connectivity index (χ1v) is 19.1. The van der Waals surface area contributed by atoms with E-state index < -0.39 is 0 Å². The molecule has 13 rings (SSSR count). The Kier molecular flexibility index (Phi) is 5.58. The smallest absolute Gasteiger partial charge is 0.252 e. The van der Waals surface area contributed by atoms with Crippen molar-refractivity contribution in [2.24, 2.45) is 0 Å². The van der Waals surface area contributed by atoms with Crippen LogP contribution in [0.1, 0.15) is 11.1 Å². The van der Waals surface area contributed by atoms with Gasteiger partial charge in [0.05, 0.1) is 5.69 Å². The molecule has 0 amide bonds. The van der Waals surface area contributed by atoms with Gasteiger partial charge in [-0.2, -0.15) is 0 Å². The number of anilines is 9. The Morgan fingerprint density at radius 3 is 1.44 bits per heavy atom. The van der Waals surface area contributed by atoms with E-state index in [2.05, 4.69) is 191 Å². The largest absolute Gasteiger partial charge is 0.312 e. The number of benzene rings is 8. The summed E-state index contributed by atoms with van der Waals surface area (Å²) in [5, 5.41) is 0. The van der Waals surface area contributed by atoms with Crippen molar-refractivity contribution in [1.29, 1.82) is 0 Å². The fourth-order valence-corrected chi connectivity index (χ4v) is 10.6. The van der Waals surface area contributed by atoms with E-state index in [4.69, 9.17) is 0 Å². The monoisotopic (exact) mass is 683 g/mol. The van der Waals surface area contributed by atoms with Gasteiger partial charge in [0.15, 0.2) is 0 Å². The van der Waals surface area contributed by atoms with Crippen LogP contribution in [-0.4, -0.2) is 13.4 Å². The highest BCUT2D eigenvalue weighted by atomic mass is 15.2. The van der Waals surface area contributed by atoms with E-state index in [1.807, 2.05) is 0 Å². The summed E-state index contributed by atoms with van der Waals surface area (Å²) in [6.45, 7) is 0.179. The minimum Gasteiger partial charge on any atom is -0.312 e. The Labute approximate surface area is 315 Å². The maximum absolute atomic E-state index is 2.62. The third kappa shape index (κ3) is 3.55. The summed E-state index contributed by atoms with van der Waals surface area (Å²) in [5.41, 5.74) is 25.0. The highest BCUT2D eigenvalue weighted by Crippen LogP contribution is 2.51. The molecule has 8 aromatic carbocycles. The van der Waals surface area contributed by atoms with Gasteiger partial charge in [0.1, 0.15) is 0 Å². The molecular weight excluding hydrogens is 652 g/mol. The van der Waals surface area contributed by atoms with Crippen LogP contribution in [0.3, 0.4) is 0 Å². The first-order valence-electron chi connectivity index (χ1n) is 19.1. The van der Waals surface area contributed by atoms with Gasteiger partial charge < -0.3 is 14.7 Å². The molecule has 5 heteroatoms. The molecule has 8 aromatic rings. The number of nitrogens with zero attached hydrogens (tertiary/aromatic N) is 3. The first-order chi connectivity index (χ1) is 26.8. The molecule has 0 radical (unpaired) electrons. The molecule has 0 unspecified atom stereocenters. The average Bonchev–Trinajstić information content (AvgIpc) is 3.62. The summed E-state index contributed by atoms with van der Waals surface area (Å²) in [4.78, 5) is 7.77. The Balaban J connectivity index is 1.20. The van der Waals surface area contributed by atoms with Gasteiger partial charge in [-0.25, -0.2) is 0 Å². The standard InChI is InChI=1S/C49H31B2N3/c1-2-16-32(17-3-1)52-41-24-10-6-20-36(41)50-38-22-8-12-26-43(38)54-44-27-13-9-23-39(44)51-37-21-7-11-25-42(37)53(46-30-45(52)47(50)49(54)48(46)51)40-28-14-19-34-33-18-5-4-15-31(33)29-35(34)40/h1-28,30H,29H2. The summed E-state index contributed by atoms with van der Waals surface area (Å²) in [6, 6.07) is 66.0. The number of para-hydroxylation sites is 5. The predicted molar refractivity (Wildman–Crippen MR) is 228 cm³/mol. The van der Waals surface area contributed by atoms with Crippen LogP contribution >= 0.6 is 0 Å². The van der Waals surface area contributed by atoms with Crippen molar-refractivity contribution in [3.8, 4) is 11.1 Å². The van der Waals surface area contributed by atoms with E-state index in [1.165, 1.54) is 106 Å². The van der Waals surface area contributed by atoms with Gasteiger partial charge in [0, 0.05) is 51.9 Å². The summed E-state index contributed by atoms with van der Waals surface area (Å²) >= 11 is 0. The number of fused-ring (bicyclic) bond motifs is 13. The van der Waals surface area contributed by atoms with Crippen LogP contribution in [0.2, 0.25) is 0 Å². The van der Waals surface area contributed by atoms with Crippen molar-refractivity contribution in [2.75, 3.05) is 14.7 Å². The van der Waals surface area contributed by atoms with E-state index in [0.29, 0.717) is 0 Å². The first kappa shape index (κ1) is 28.8. The molecule has 5 aliphatic rings. The molecule has 0 fully saturated rings. The highest BCUT2D eigenvalue weighted by Gasteiger charge is 2.51. The van der Waals surface area contributed by atoms with Gasteiger partial charge in [-0.15, -0.1) is 0 Å². The van der Waals surface area contributed by atoms with E-state index in [9.17, 15) is 0 Å². The summed E-state index contributed by atoms with van der Waals surface area (Å²) in [6.07, 6.45) is 0.921. The van der Waals surface area contributed by atoms with Gasteiger partial charge in [-0.3, -0.25) is 0 Å². The SMILES string of the molecule is c1ccc(N2c3ccccc3B3c4ccccc4N4c5ccccc5B5c6ccccc6N(c6cccc7c6Cc6ccccc6-7)c6cc2c3c4c65)cc1. The molecule has 0 saturated carbocycles. The van der Waals surface area contributed by atoms with Crippen LogP contribution in [-0.2, 0) is 6.42 Å². The Hall–Kier alpha value is -6.71. The summed E-state index contributed by atoms with van der Waals surface area (Å²) in [7, 11) is 0. The van der Waals surface area contributed by atoms with Crippen LogP contribution in [0.4, 0.5) is 51.2 Å². The summed E-state index contributed by atoms with van der Waals surface area (Å²) < 4.78 is 0. The molecule has 0 atom stereocenters. The second kappa shape index (κ2) is 10.5. The van der Waals surface area contributed by atoms with Gasteiger partial charge >= 0.3 is 0 Å². The second-order valence-electron chi connectivity index (χ2n) is 15.2.